The second-order valence-corrected chi connectivity index (χ2v) is 6.10. The Labute approximate surface area is 160 Å². The van der Waals surface area contributed by atoms with E-state index in [-0.39, 0.29) is 5.82 Å². The Hall–Kier alpha value is -3.87. The van der Waals surface area contributed by atoms with Gasteiger partial charge in [0.25, 0.3) is 0 Å². The van der Waals surface area contributed by atoms with Crippen LogP contribution in [0, 0.1) is 5.82 Å². The molecule has 0 atom stereocenters. The fourth-order valence-electron chi connectivity index (χ4n) is 3.14. The van der Waals surface area contributed by atoms with E-state index in [0.29, 0.717) is 22.5 Å². The molecule has 0 saturated heterocycles. The normalized spacial score (nSPS) is 12.1. The van der Waals surface area contributed by atoms with Crippen molar-refractivity contribution >= 4 is 22.7 Å². The zero-order valence-electron chi connectivity index (χ0n) is 15.1. The van der Waals surface area contributed by atoms with E-state index in [2.05, 4.69) is 25.2 Å². The molecule has 2 aromatic carbocycles. The fraction of sp³-hybridized carbons (Fsp3) is 0.0476. The summed E-state index contributed by atoms with van der Waals surface area (Å²) in [5.74, 6) is -0.328. The van der Waals surface area contributed by atoms with Gasteiger partial charge in [0, 0.05) is 41.5 Å². The van der Waals surface area contributed by atoms with Crippen molar-refractivity contribution < 1.29 is 4.39 Å². The lowest BCUT2D eigenvalue weighted by Gasteiger charge is -2.08. The van der Waals surface area contributed by atoms with Crippen molar-refractivity contribution in [3.05, 3.63) is 72.6 Å². The largest absolute Gasteiger partial charge is 0.404 e. The van der Waals surface area contributed by atoms with Gasteiger partial charge in [-0.3, -0.25) is 10.1 Å². The molecule has 2 aromatic heterocycles. The summed E-state index contributed by atoms with van der Waals surface area (Å²) >= 11 is 0. The van der Waals surface area contributed by atoms with Gasteiger partial charge in [0.2, 0.25) is 0 Å². The standard InChI is InChI=1S/C21H17FN6/c1-24-10-14(9-23)13-6-7-16-19(8-13)25-12-26-20(16)17-11-27-28-21(17)15-4-2-3-5-18(15)22/h2-12H,23H2,1H3,(H,27,28)/b14-9+,24-10?. The highest BCUT2D eigenvalue weighted by Crippen LogP contribution is 2.34. The molecule has 0 aliphatic heterocycles. The average Bonchev–Trinajstić information content (AvgIpc) is 3.21. The number of aliphatic imine (C=N–C) groups is 1. The van der Waals surface area contributed by atoms with E-state index in [9.17, 15) is 4.39 Å². The molecule has 4 rings (SSSR count). The quantitative estimate of drug-likeness (QED) is 0.533. The first-order chi connectivity index (χ1) is 13.7. The lowest BCUT2D eigenvalue weighted by atomic mass is 10.00. The Morgan fingerprint density at radius 3 is 2.79 bits per heavy atom. The highest BCUT2D eigenvalue weighted by Gasteiger charge is 2.17. The van der Waals surface area contributed by atoms with E-state index in [1.54, 1.807) is 37.7 Å². The Morgan fingerprint density at radius 2 is 2.00 bits per heavy atom. The molecule has 0 spiro atoms. The van der Waals surface area contributed by atoms with Crippen molar-refractivity contribution in [2.24, 2.45) is 10.7 Å². The van der Waals surface area contributed by atoms with Gasteiger partial charge in [-0.1, -0.05) is 18.2 Å². The summed E-state index contributed by atoms with van der Waals surface area (Å²) in [6, 6.07) is 12.3. The monoisotopic (exact) mass is 372 g/mol. The smallest absolute Gasteiger partial charge is 0.132 e. The van der Waals surface area contributed by atoms with Crippen molar-refractivity contribution in [2.45, 2.75) is 0 Å². The number of hydrogen-bond acceptors (Lipinski definition) is 5. The molecule has 4 aromatic rings. The summed E-state index contributed by atoms with van der Waals surface area (Å²) in [6.45, 7) is 0. The summed E-state index contributed by atoms with van der Waals surface area (Å²) in [5, 5.41) is 7.83. The van der Waals surface area contributed by atoms with Crippen LogP contribution in [0.1, 0.15) is 5.56 Å². The molecular formula is C21H17FN6. The molecule has 0 saturated carbocycles. The van der Waals surface area contributed by atoms with Gasteiger partial charge in [-0.2, -0.15) is 5.10 Å². The third-order valence-electron chi connectivity index (χ3n) is 4.46. The maximum absolute atomic E-state index is 14.3. The molecule has 0 bridgehead atoms. The van der Waals surface area contributed by atoms with Gasteiger partial charge in [0.05, 0.1) is 23.1 Å². The van der Waals surface area contributed by atoms with Crippen molar-refractivity contribution in [2.75, 3.05) is 7.05 Å². The second-order valence-electron chi connectivity index (χ2n) is 6.10. The fourth-order valence-corrected chi connectivity index (χ4v) is 3.14. The van der Waals surface area contributed by atoms with Crippen LogP contribution in [0.4, 0.5) is 4.39 Å². The maximum Gasteiger partial charge on any atom is 0.132 e. The van der Waals surface area contributed by atoms with Crippen LogP contribution in [0.3, 0.4) is 0 Å². The highest BCUT2D eigenvalue weighted by atomic mass is 19.1. The third-order valence-corrected chi connectivity index (χ3v) is 4.46. The third kappa shape index (κ3) is 3.03. The van der Waals surface area contributed by atoms with Crippen LogP contribution in [0.5, 0.6) is 0 Å². The molecule has 138 valence electrons. The van der Waals surface area contributed by atoms with E-state index in [0.717, 1.165) is 22.0 Å². The van der Waals surface area contributed by atoms with Crippen LogP contribution < -0.4 is 5.73 Å². The van der Waals surface area contributed by atoms with Gasteiger partial charge in [0.1, 0.15) is 12.1 Å². The van der Waals surface area contributed by atoms with Gasteiger partial charge in [-0.15, -0.1) is 0 Å². The second kappa shape index (κ2) is 7.40. The summed E-state index contributed by atoms with van der Waals surface area (Å²) in [4.78, 5) is 12.8. The van der Waals surface area contributed by atoms with E-state index in [4.69, 9.17) is 5.73 Å². The van der Waals surface area contributed by atoms with Gasteiger partial charge in [-0.05, 0) is 29.8 Å². The van der Waals surface area contributed by atoms with Gasteiger partial charge in [0.15, 0.2) is 0 Å². The summed E-state index contributed by atoms with van der Waals surface area (Å²) in [5.41, 5.74) is 10.5. The summed E-state index contributed by atoms with van der Waals surface area (Å²) in [6.07, 6.45) is 6.32. The SMILES string of the molecule is CN=C/C(=C\N)c1ccc2c(-c3cn[nH]c3-c3ccccc3F)ncnc2c1. The van der Waals surface area contributed by atoms with E-state index >= 15 is 0 Å². The minimum atomic E-state index is -0.328. The van der Waals surface area contributed by atoms with Gasteiger partial charge in [-0.25, -0.2) is 14.4 Å². The molecule has 3 N–H and O–H groups in total. The minimum Gasteiger partial charge on any atom is -0.404 e. The average molecular weight is 372 g/mol. The Balaban J connectivity index is 1.88. The molecule has 2 heterocycles. The molecule has 28 heavy (non-hydrogen) atoms. The number of allylic oxidation sites excluding steroid dienone is 1. The Morgan fingerprint density at radius 1 is 1.14 bits per heavy atom. The first-order valence-electron chi connectivity index (χ1n) is 8.60. The maximum atomic E-state index is 14.3. The molecule has 0 radical (unpaired) electrons. The summed E-state index contributed by atoms with van der Waals surface area (Å²) < 4.78 is 14.3. The van der Waals surface area contributed by atoms with E-state index < -0.39 is 0 Å². The molecular weight excluding hydrogens is 355 g/mol. The molecule has 0 aliphatic rings. The number of hydrogen-bond donors (Lipinski definition) is 2. The Kier molecular flexibility index (Phi) is 4.63. The highest BCUT2D eigenvalue weighted by molar-refractivity contribution is 6.11. The Bertz CT molecular complexity index is 1210. The number of benzene rings is 2. The van der Waals surface area contributed by atoms with Crippen molar-refractivity contribution in [1.82, 2.24) is 20.2 Å². The number of nitrogens with one attached hydrogen (secondary N) is 1. The van der Waals surface area contributed by atoms with Crippen molar-refractivity contribution in [3.8, 4) is 22.5 Å². The number of rotatable bonds is 4. The van der Waals surface area contributed by atoms with Crippen molar-refractivity contribution in [1.29, 1.82) is 0 Å². The predicted molar refractivity (Wildman–Crippen MR) is 109 cm³/mol. The van der Waals surface area contributed by atoms with E-state index in [1.165, 1.54) is 18.6 Å². The number of H-pyrrole nitrogens is 1. The minimum absolute atomic E-state index is 0.328. The zero-order chi connectivity index (χ0) is 19.5. The van der Waals surface area contributed by atoms with E-state index in [1.807, 2.05) is 18.2 Å². The molecule has 0 aliphatic carbocycles. The number of nitrogens with two attached hydrogens (primary N) is 1. The number of aromatic nitrogens is 4. The topological polar surface area (TPSA) is 92.8 Å². The lowest BCUT2D eigenvalue weighted by Crippen LogP contribution is -1.95. The molecule has 6 nitrogen and oxygen atoms in total. The van der Waals surface area contributed by atoms with Crippen LogP contribution in [0.25, 0.3) is 39.0 Å². The van der Waals surface area contributed by atoms with Gasteiger partial charge >= 0.3 is 0 Å². The predicted octanol–water partition coefficient (Wildman–Crippen LogP) is 3.83. The number of halogens is 1. The van der Waals surface area contributed by atoms with Crippen LogP contribution in [-0.4, -0.2) is 33.4 Å². The first kappa shape index (κ1) is 17.5. The van der Waals surface area contributed by atoms with Crippen LogP contribution >= 0.6 is 0 Å². The lowest BCUT2D eigenvalue weighted by molar-refractivity contribution is 0.630. The molecule has 0 unspecified atom stereocenters. The van der Waals surface area contributed by atoms with Crippen LogP contribution in [0.15, 0.2) is 66.2 Å². The van der Waals surface area contributed by atoms with Crippen molar-refractivity contribution in [3.63, 3.8) is 0 Å². The molecule has 0 amide bonds. The number of nitrogens with zero attached hydrogens (tertiary/aromatic N) is 4. The zero-order valence-corrected chi connectivity index (χ0v) is 15.1. The van der Waals surface area contributed by atoms with Crippen LogP contribution in [-0.2, 0) is 0 Å². The first-order valence-corrected chi connectivity index (χ1v) is 8.60. The van der Waals surface area contributed by atoms with Crippen LogP contribution in [0.2, 0.25) is 0 Å². The molecule has 7 heteroatoms. The number of fused-ring (bicyclic) bond motifs is 1. The molecule has 0 fully saturated rings. The van der Waals surface area contributed by atoms with Gasteiger partial charge < -0.3 is 5.73 Å². The number of aromatic amines is 1. The summed E-state index contributed by atoms with van der Waals surface area (Å²) in [7, 11) is 1.69.